The second-order valence-electron chi connectivity index (χ2n) is 9.42. The first-order valence-electron chi connectivity index (χ1n) is 12.6. The summed E-state index contributed by atoms with van der Waals surface area (Å²) in [7, 11) is 0. The maximum Gasteiger partial charge on any atom is 0.435 e. The minimum Gasteiger partial charge on any atom is -0.508 e. The molecule has 0 spiro atoms. The summed E-state index contributed by atoms with van der Waals surface area (Å²) in [6.07, 6.45) is 1.33. The van der Waals surface area contributed by atoms with Gasteiger partial charge in [-0.3, -0.25) is 10.1 Å². The van der Waals surface area contributed by atoms with Gasteiger partial charge >= 0.3 is 6.18 Å². The Morgan fingerprint density at radius 1 is 1.15 bits per heavy atom. The Balaban J connectivity index is 1.47. The molecule has 0 aliphatic heterocycles. The Labute approximate surface area is 229 Å². The van der Waals surface area contributed by atoms with Crippen LogP contribution in [0.25, 0.3) is 5.69 Å². The third-order valence-electron chi connectivity index (χ3n) is 6.55. The fourth-order valence-electron chi connectivity index (χ4n) is 4.64. The summed E-state index contributed by atoms with van der Waals surface area (Å²) in [5.41, 5.74) is 6.85. The second-order valence-corrected chi connectivity index (χ2v) is 9.42. The number of aromatic hydroxyl groups is 1. The van der Waals surface area contributed by atoms with Crippen LogP contribution < -0.4 is 16.4 Å². The second kappa shape index (κ2) is 11.3. The van der Waals surface area contributed by atoms with Crippen molar-refractivity contribution >= 4 is 11.6 Å². The molecule has 2 unspecified atom stereocenters. The molecule has 0 radical (unpaired) electrons. The SMILES string of the molecule is NCc1c#ccc(-n2nc(C(F)(F)F)cc2C(=O)Nc2cccc(C(NC3C=CCC3)c3cccc(O)c3)c2)c1. The van der Waals surface area contributed by atoms with Crippen LogP contribution in [0, 0.1) is 12.1 Å². The maximum atomic E-state index is 13.6. The number of amides is 1. The zero-order chi connectivity index (χ0) is 28.3. The van der Waals surface area contributed by atoms with Crippen molar-refractivity contribution in [2.45, 2.75) is 37.6 Å². The van der Waals surface area contributed by atoms with Gasteiger partial charge in [-0.25, -0.2) is 4.68 Å². The van der Waals surface area contributed by atoms with Crippen LogP contribution in [-0.2, 0) is 12.7 Å². The largest absolute Gasteiger partial charge is 0.508 e. The summed E-state index contributed by atoms with van der Waals surface area (Å²) >= 11 is 0. The lowest BCUT2D eigenvalue weighted by Crippen LogP contribution is -2.30. The van der Waals surface area contributed by atoms with Gasteiger partial charge in [0.2, 0.25) is 0 Å². The zero-order valence-corrected chi connectivity index (χ0v) is 21.2. The maximum absolute atomic E-state index is 13.6. The van der Waals surface area contributed by atoms with Crippen LogP contribution in [0.5, 0.6) is 5.75 Å². The van der Waals surface area contributed by atoms with E-state index >= 15 is 0 Å². The first kappa shape index (κ1) is 27.0. The van der Waals surface area contributed by atoms with E-state index in [0.717, 1.165) is 28.7 Å². The van der Waals surface area contributed by atoms with Gasteiger partial charge in [0.1, 0.15) is 11.4 Å². The minimum absolute atomic E-state index is 0.0943. The summed E-state index contributed by atoms with van der Waals surface area (Å²) in [5.74, 6) is -0.652. The molecular weight excluding hydrogens is 519 g/mol. The van der Waals surface area contributed by atoms with Gasteiger partial charge in [0, 0.05) is 36.0 Å². The predicted molar refractivity (Wildman–Crippen MR) is 144 cm³/mol. The highest BCUT2D eigenvalue weighted by Crippen LogP contribution is 2.31. The van der Waals surface area contributed by atoms with Gasteiger partial charge in [-0.15, -0.1) is 0 Å². The number of halogens is 3. The Kier molecular flexibility index (Phi) is 7.60. The number of alkyl halides is 3. The fourth-order valence-corrected chi connectivity index (χ4v) is 4.64. The van der Waals surface area contributed by atoms with E-state index in [0.29, 0.717) is 17.3 Å². The fraction of sp³-hybridized carbons (Fsp3) is 0.200. The highest BCUT2D eigenvalue weighted by atomic mass is 19.4. The monoisotopic (exact) mass is 545 g/mol. The molecular formula is C30H26F3N5O2. The van der Waals surface area contributed by atoms with E-state index in [1.807, 2.05) is 12.1 Å². The minimum atomic E-state index is -4.75. The number of aromatic nitrogens is 2. The first-order chi connectivity index (χ1) is 19.2. The van der Waals surface area contributed by atoms with Crippen LogP contribution in [0.2, 0.25) is 0 Å². The van der Waals surface area contributed by atoms with E-state index in [1.54, 1.807) is 36.4 Å². The van der Waals surface area contributed by atoms with Crippen LogP contribution in [0.4, 0.5) is 18.9 Å². The van der Waals surface area contributed by atoms with Gasteiger partial charge in [-0.05, 0) is 54.3 Å². The van der Waals surface area contributed by atoms with Crippen molar-refractivity contribution in [3.8, 4) is 11.4 Å². The van der Waals surface area contributed by atoms with E-state index in [1.165, 1.54) is 12.1 Å². The molecule has 7 nitrogen and oxygen atoms in total. The topological polar surface area (TPSA) is 105 Å². The van der Waals surface area contributed by atoms with Crippen LogP contribution >= 0.6 is 0 Å². The number of carbonyl (C=O) groups is 1. The van der Waals surface area contributed by atoms with Crippen molar-refractivity contribution in [1.82, 2.24) is 15.1 Å². The molecule has 5 N–H and O–H groups in total. The summed E-state index contributed by atoms with van der Waals surface area (Å²) in [6.45, 7) is 0.0943. The highest BCUT2D eigenvalue weighted by Gasteiger charge is 2.36. The van der Waals surface area contributed by atoms with Gasteiger partial charge in [-0.1, -0.05) is 48.6 Å². The molecule has 40 heavy (non-hydrogen) atoms. The van der Waals surface area contributed by atoms with Crippen molar-refractivity contribution in [1.29, 1.82) is 0 Å². The van der Waals surface area contributed by atoms with Gasteiger partial charge < -0.3 is 16.2 Å². The number of carbonyl (C=O) groups excluding carboxylic acids is 1. The van der Waals surface area contributed by atoms with Crippen molar-refractivity contribution in [2.24, 2.45) is 5.73 Å². The van der Waals surface area contributed by atoms with Crippen molar-refractivity contribution in [3.05, 3.63) is 119 Å². The molecule has 1 amide bonds. The number of phenolic OH excluding ortho intramolecular Hbond substituents is 1. The number of nitrogens with zero attached hydrogens (tertiary/aromatic N) is 2. The normalized spacial score (nSPS) is 15.6. The van der Waals surface area contributed by atoms with E-state index < -0.39 is 17.8 Å². The molecule has 5 rings (SSSR count). The Bertz CT molecular complexity index is 1550. The van der Waals surface area contributed by atoms with Crippen LogP contribution in [-0.4, -0.2) is 26.8 Å². The average Bonchev–Trinajstić information content (AvgIpc) is 3.62. The van der Waals surface area contributed by atoms with Crippen LogP contribution in [0.15, 0.2) is 78.9 Å². The zero-order valence-electron chi connectivity index (χ0n) is 21.2. The van der Waals surface area contributed by atoms with Crippen LogP contribution in [0.3, 0.4) is 0 Å². The van der Waals surface area contributed by atoms with E-state index in [4.69, 9.17) is 5.73 Å². The Hall–Kier alpha value is -4.59. The van der Waals surface area contributed by atoms with Crippen LogP contribution in [0.1, 0.15) is 51.8 Å². The molecule has 1 aliphatic rings. The number of phenols is 1. The lowest BCUT2D eigenvalue weighted by atomic mass is 9.97. The van der Waals surface area contributed by atoms with Gasteiger partial charge in [0.15, 0.2) is 5.69 Å². The van der Waals surface area contributed by atoms with Crippen molar-refractivity contribution < 1.29 is 23.1 Å². The molecule has 0 saturated heterocycles. The molecule has 1 aliphatic carbocycles. The summed E-state index contributed by atoms with van der Waals surface area (Å²) in [6, 6.07) is 22.8. The van der Waals surface area contributed by atoms with Gasteiger partial charge in [-0.2, -0.15) is 18.3 Å². The Morgan fingerprint density at radius 2 is 1.93 bits per heavy atom. The molecule has 0 bridgehead atoms. The van der Waals surface area contributed by atoms with Gasteiger partial charge in [0.25, 0.3) is 5.91 Å². The number of nitrogens with two attached hydrogens (primary N) is 1. The third kappa shape index (κ3) is 6.01. The number of hydrogen-bond acceptors (Lipinski definition) is 5. The molecule has 3 aromatic carbocycles. The standard InChI is InChI=1S/C30H26F3N5O2/c31-30(32,33)27-17-26(38(37-27)24-12-3-6-19(14-24)18-34)29(40)36-23-11-4-7-20(15-23)28(35-22-9-1-2-10-22)21-8-5-13-25(39)16-21/h1,4-5,7-9,11-17,22,28,35,39H,2,10,18,34H2,(H,36,40). The van der Waals surface area contributed by atoms with Crippen molar-refractivity contribution in [2.75, 3.05) is 5.32 Å². The number of allylic oxidation sites excluding steroid dienone is 1. The van der Waals surface area contributed by atoms with E-state index in [2.05, 4.69) is 40.0 Å². The highest BCUT2D eigenvalue weighted by molar-refractivity contribution is 6.03. The average molecular weight is 546 g/mol. The number of hydrogen-bond donors (Lipinski definition) is 4. The lowest BCUT2D eigenvalue weighted by molar-refractivity contribution is -0.141. The number of rotatable bonds is 8. The number of anilines is 1. The Morgan fingerprint density at radius 3 is 2.62 bits per heavy atom. The number of nitrogens with one attached hydrogen (secondary N) is 2. The molecule has 4 aromatic rings. The number of benzene rings is 2. The molecule has 2 atom stereocenters. The molecule has 0 saturated carbocycles. The summed E-state index contributed by atoms with van der Waals surface area (Å²) < 4.78 is 41.6. The van der Waals surface area contributed by atoms with Crippen molar-refractivity contribution in [3.63, 3.8) is 0 Å². The molecule has 0 fully saturated rings. The predicted octanol–water partition coefficient (Wildman–Crippen LogP) is 5.31. The lowest BCUT2D eigenvalue weighted by Gasteiger charge is -2.24. The summed E-state index contributed by atoms with van der Waals surface area (Å²) in [5, 5.41) is 20.0. The third-order valence-corrected chi connectivity index (χ3v) is 6.55. The van der Waals surface area contributed by atoms with E-state index in [9.17, 15) is 23.1 Å². The quantitative estimate of drug-likeness (QED) is 0.225. The van der Waals surface area contributed by atoms with Gasteiger partial charge in [0.05, 0.1) is 11.7 Å². The molecule has 1 heterocycles. The molecule has 204 valence electrons. The molecule has 10 heteroatoms. The van der Waals surface area contributed by atoms with E-state index in [-0.39, 0.29) is 35.8 Å². The summed E-state index contributed by atoms with van der Waals surface area (Å²) in [4.78, 5) is 13.3. The first-order valence-corrected chi connectivity index (χ1v) is 12.6. The molecule has 1 aromatic heterocycles. The smallest absolute Gasteiger partial charge is 0.435 e.